The molecule has 2 N–H and O–H groups in total. The van der Waals surface area contributed by atoms with E-state index >= 15 is 0 Å². The first-order valence-electron chi connectivity index (χ1n) is 3.37. The number of carboxylic acids is 2. The third-order valence-corrected chi connectivity index (χ3v) is 3.16. The molecule has 70 valence electrons. The number of alkyl halides is 1. The summed E-state index contributed by atoms with van der Waals surface area (Å²) in [6.45, 7) is 2.97. The second kappa shape index (κ2) is 3.89. The van der Waals surface area contributed by atoms with E-state index in [0.29, 0.717) is 0 Å². The molecule has 0 fully saturated rings. The quantitative estimate of drug-likeness (QED) is 0.726. The lowest BCUT2D eigenvalue weighted by atomic mass is 9.88. The Balaban J connectivity index is 4.35. The third kappa shape index (κ3) is 2.81. The van der Waals surface area contributed by atoms with Crippen molar-refractivity contribution >= 4 is 27.9 Å². The molecule has 0 aliphatic carbocycles. The largest absolute Gasteiger partial charge is 0.481 e. The Morgan fingerprint density at radius 3 is 2.08 bits per heavy atom. The first-order chi connectivity index (χ1) is 5.28. The second-order valence-corrected chi connectivity index (χ2v) is 4.20. The minimum atomic E-state index is -1.06. The van der Waals surface area contributed by atoms with Gasteiger partial charge in [-0.05, 0) is 13.8 Å². The van der Waals surface area contributed by atoms with Gasteiger partial charge in [0.1, 0.15) is 0 Å². The van der Waals surface area contributed by atoms with E-state index in [-0.39, 0.29) is 6.42 Å². The zero-order valence-corrected chi connectivity index (χ0v) is 8.46. The van der Waals surface area contributed by atoms with Crippen LogP contribution in [0, 0.1) is 5.41 Å². The number of rotatable bonds is 4. The molecule has 0 saturated heterocycles. The van der Waals surface area contributed by atoms with Crippen molar-refractivity contribution in [1.82, 2.24) is 0 Å². The lowest BCUT2D eigenvalue weighted by molar-refractivity contribution is -0.147. The molecule has 0 bridgehead atoms. The monoisotopic (exact) mass is 238 g/mol. The van der Waals surface area contributed by atoms with Gasteiger partial charge in [-0.25, -0.2) is 0 Å². The van der Waals surface area contributed by atoms with Gasteiger partial charge in [0, 0.05) is 4.83 Å². The van der Waals surface area contributed by atoms with E-state index in [0.717, 1.165) is 0 Å². The Morgan fingerprint density at radius 2 is 1.83 bits per heavy atom. The first kappa shape index (κ1) is 11.4. The fourth-order valence-electron chi connectivity index (χ4n) is 0.542. The van der Waals surface area contributed by atoms with Gasteiger partial charge < -0.3 is 10.2 Å². The van der Waals surface area contributed by atoms with Crippen LogP contribution in [0.4, 0.5) is 0 Å². The number of carboxylic acid groups (broad SMARTS) is 2. The van der Waals surface area contributed by atoms with Crippen molar-refractivity contribution in [2.45, 2.75) is 25.1 Å². The van der Waals surface area contributed by atoms with Gasteiger partial charge in [-0.15, -0.1) is 0 Å². The van der Waals surface area contributed by atoms with Crippen molar-refractivity contribution in [1.29, 1.82) is 0 Å². The van der Waals surface area contributed by atoms with Crippen molar-refractivity contribution < 1.29 is 19.8 Å². The molecule has 0 aromatic heterocycles. The standard InChI is InChI=1S/C7H11BrO4/c1-7(2,6(11)12)4(8)3-5(9)10/h4H,3H2,1-2H3,(H,9,10)(H,11,12). The molecule has 5 heteroatoms. The van der Waals surface area contributed by atoms with E-state index in [1.54, 1.807) is 0 Å². The van der Waals surface area contributed by atoms with Gasteiger partial charge in [0.05, 0.1) is 11.8 Å². The van der Waals surface area contributed by atoms with Gasteiger partial charge >= 0.3 is 11.9 Å². The Morgan fingerprint density at radius 1 is 1.42 bits per heavy atom. The topological polar surface area (TPSA) is 74.6 Å². The summed E-state index contributed by atoms with van der Waals surface area (Å²) in [5, 5.41) is 17.1. The van der Waals surface area contributed by atoms with Crippen LogP contribution in [0.5, 0.6) is 0 Å². The molecule has 0 aromatic carbocycles. The Kier molecular flexibility index (Phi) is 3.70. The van der Waals surface area contributed by atoms with Crippen LogP contribution in [0.15, 0.2) is 0 Å². The number of carbonyl (C=O) groups is 2. The molecule has 0 aromatic rings. The lowest BCUT2D eigenvalue weighted by Crippen LogP contribution is -2.34. The fourth-order valence-corrected chi connectivity index (χ4v) is 1.02. The fraction of sp³-hybridized carbons (Fsp3) is 0.714. The maximum Gasteiger partial charge on any atom is 0.310 e. The maximum atomic E-state index is 10.6. The first-order valence-corrected chi connectivity index (χ1v) is 4.29. The average Bonchev–Trinajstić information content (AvgIpc) is 1.85. The second-order valence-electron chi connectivity index (χ2n) is 3.09. The van der Waals surface area contributed by atoms with Crippen molar-refractivity contribution in [3.05, 3.63) is 0 Å². The molecule has 1 unspecified atom stereocenters. The van der Waals surface area contributed by atoms with Crippen molar-refractivity contribution in [3.63, 3.8) is 0 Å². The van der Waals surface area contributed by atoms with E-state index in [2.05, 4.69) is 15.9 Å². The van der Waals surface area contributed by atoms with E-state index < -0.39 is 22.2 Å². The van der Waals surface area contributed by atoms with Crippen LogP contribution in [-0.2, 0) is 9.59 Å². The number of halogens is 1. The molecule has 4 nitrogen and oxygen atoms in total. The normalized spacial score (nSPS) is 13.9. The molecule has 0 amide bonds. The number of hydrogen-bond acceptors (Lipinski definition) is 2. The molecular weight excluding hydrogens is 228 g/mol. The van der Waals surface area contributed by atoms with Gasteiger partial charge in [0.15, 0.2) is 0 Å². The Bertz CT molecular complexity index is 200. The molecule has 0 rings (SSSR count). The van der Waals surface area contributed by atoms with Crippen LogP contribution in [0.3, 0.4) is 0 Å². The van der Waals surface area contributed by atoms with Crippen LogP contribution in [0.2, 0.25) is 0 Å². The highest BCUT2D eigenvalue weighted by atomic mass is 79.9. The van der Waals surface area contributed by atoms with Crippen LogP contribution in [0.1, 0.15) is 20.3 Å². The molecule has 1 atom stereocenters. The summed E-state index contributed by atoms with van der Waals surface area (Å²) in [4.78, 5) is 20.3. The van der Waals surface area contributed by atoms with Crippen LogP contribution >= 0.6 is 15.9 Å². The summed E-state index contributed by atoms with van der Waals surface area (Å²) >= 11 is 3.04. The highest BCUT2D eigenvalue weighted by Gasteiger charge is 2.36. The number of aliphatic carboxylic acids is 2. The van der Waals surface area contributed by atoms with E-state index in [4.69, 9.17) is 10.2 Å². The molecule has 0 radical (unpaired) electrons. The van der Waals surface area contributed by atoms with Crippen molar-refractivity contribution in [3.8, 4) is 0 Å². The van der Waals surface area contributed by atoms with Crippen LogP contribution in [0.25, 0.3) is 0 Å². The summed E-state index contributed by atoms with van der Waals surface area (Å²) in [5.74, 6) is -2.02. The third-order valence-electron chi connectivity index (χ3n) is 1.69. The predicted octanol–water partition coefficient (Wildman–Crippen LogP) is 1.34. The van der Waals surface area contributed by atoms with E-state index in [1.807, 2.05) is 0 Å². The number of hydrogen-bond donors (Lipinski definition) is 2. The van der Waals surface area contributed by atoms with Gasteiger partial charge in [-0.1, -0.05) is 15.9 Å². The highest BCUT2D eigenvalue weighted by Crippen LogP contribution is 2.29. The molecule has 0 aliphatic heterocycles. The summed E-state index contributed by atoms with van der Waals surface area (Å²) in [6.07, 6.45) is -0.195. The predicted molar refractivity (Wildman–Crippen MR) is 46.4 cm³/mol. The van der Waals surface area contributed by atoms with Gasteiger partial charge in [0.25, 0.3) is 0 Å². The van der Waals surface area contributed by atoms with Crippen LogP contribution in [-0.4, -0.2) is 27.0 Å². The summed E-state index contributed by atoms with van der Waals surface area (Å²) in [7, 11) is 0. The zero-order chi connectivity index (χ0) is 9.94. The summed E-state index contributed by atoms with van der Waals surface area (Å²) in [5.41, 5.74) is -1.06. The van der Waals surface area contributed by atoms with Crippen molar-refractivity contribution in [2.24, 2.45) is 5.41 Å². The van der Waals surface area contributed by atoms with Gasteiger partial charge in [-0.2, -0.15) is 0 Å². The molecule has 0 aliphatic rings. The lowest BCUT2D eigenvalue weighted by Gasteiger charge is -2.23. The minimum absolute atomic E-state index is 0.195. The van der Waals surface area contributed by atoms with E-state index in [1.165, 1.54) is 13.8 Å². The summed E-state index contributed by atoms with van der Waals surface area (Å²) in [6, 6.07) is 0. The smallest absolute Gasteiger partial charge is 0.310 e. The molecule has 12 heavy (non-hydrogen) atoms. The Labute approximate surface area is 78.7 Å². The zero-order valence-electron chi connectivity index (χ0n) is 6.87. The maximum absolute atomic E-state index is 10.6. The van der Waals surface area contributed by atoms with Gasteiger partial charge in [-0.3, -0.25) is 9.59 Å². The SMILES string of the molecule is CC(C)(C(=O)O)C(Br)CC(=O)O. The molecule has 0 spiro atoms. The molecule has 0 saturated carbocycles. The van der Waals surface area contributed by atoms with Crippen molar-refractivity contribution in [2.75, 3.05) is 0 Å². The van der Waals surface area contributed by atoms with E-state index in [9.17, 15) is 9.59 Å². The average molecular weight is 239 g/mol. The molecule has 0 heterocycles. The van der Waals surface area contributed by atoms with Crippen LogP contribution < -0.4 is 0 Å². The minimum Gasteiger partial charge on any atom is -0.481 e. The van der Waals surface area contributed by atoms with Gasteiger partial charge in [0.2, 0.25) is 0 Å². The highest BCUT2D eigenvalue weighted by molar-refractivity contribution is 9.09. The Hall–Kier alpha value is -0.580. The molecular formula is C7H11BrO4. The summed E-state index contributed by atoms with van der Waals surface area (Å²) < 4.78 is 0.